The second kappa shape index (κ2) is 4.39. The number of aromatic hydroxyl groups is 2. The molecule has 0 amide bonds. The van der Waals surface area contributed by atoms with Gasteiger partial charge < -0.3 is 24.4 Å². The molecular formula is C17H20O6. The number of ketones is 1. The molecule has 1 aliphatic carbocycles. The van der Waals surface area contributed by atoms with Crippen LogP contribution < -0.4 is 4.74 Å². The number of carbonyl (C=O) groups is 1. The van der Waals surface area contributed by atoms with Crippen LogP contribution in [0.15, 0.2) is 6.07 Å². The van der Waals surface area contributed by atoms with Gasteiger partial charge >= 0.3 is 0 Å². The van der Waals surface area contributed by atoms with Gasteiger partial charge in [-0.25, -0.2) is 0 Å². The summed E-state index contributed by atoms with van der Waals surface area (Å²) in [5.41, 5.74) is -0.463. The van der Waals surface area contributed by atoms with Gasteiger partial charge in [-0.05, 0) is 26.7 Å². The molecule has 6 heteroatoms. The van der Waals surface area contributed by atoms with Crippen molar-refractivity contribution in [3.05, 3.63) is 17.2 Å². The van der Waals surface area contributed by atoms with Gasteiger partial charge in [0.2, 0.25) is 0 Å². The van der Waals surface area contributed by atoms with Gasteiger partial charge in [-0.15, -0.1) is 0 Å². The van der Waals surface area contributed by atoms with Crippen molar-refractivity contribution in [3.63, 3.8) is 0 Å². The molecule has 0 bridgehead atoms. The van der Waals surface area contributed by atoms with Crippen LogP contribution in [0.3, 0.4) is 0 Å². The summed E-state index contributed by atoms with van der Waals surface area (Å²) in [5.74, 6) is -0.460. The second-order valence-electron chi connectivity index (χ2n) is 7.11. The van der Waals surface area contributed by atoms with Crippen LogP contribution in [0.25, 0.3) is 0 Å². The maximum atomic E-state index is 12.8. The first kappa shape index (κ1) is 14.8. The lowest BCUT2D eigenvalue weighted by molar-refractivity contribution is 0.0949. The summed E-state index contributed by atoms with van der Waals surface area (Å²) in [6.45, 7) is 3.86. The summed E-state index contributed by atoms with van der Waals surface area (Å²) in [4.78, 5) is 12.8. The summed E-state index contributed by atoms with van der Waals surface area (Å²) in [5, 5.41) is 20.8. The maximum absolute atomic E-state index is 12.8. The van der Waals surface area contributed by atoms with E-state index >= 15 is 0 Å². The highest BCUT2D eigenvalue weighted by Gasteiger charge is 2.61. The predicted molar refractivity (Wildman–Crippen MR) is 80.1 cm³/mol. The number of methoxy groups -OCH3 is 1. The zero-order valence-electron chi connectivity index (χ0n) is 13.4. The zero-order valence-corrected chi connectivity index (χ0v) is 13.4. The third-order valence-corrected chi connectivity index (χ3v) is 5.40. The highest BCUT2D eigenvalue weighted by molar-refractivity contribution is 6.06. The molecule has 2 fully saturated rings. The molecule has 1 aromatic carbocycles. The Hall–Kier alpha value is -1.79. The number of fused-ring (bicyclic) bond motifs is 3. The number of ether oxygens (including phenoxy) is 3. The van der Waals surface area contributed by atoms with E-state index < -0.39 is 17.3 Å². The molecule has 1 aromatic rings. The molecule has 0 spiro atoms. The van der Waals surface area contributed by atoms with Crippen molar-refractivity contribution in [2.45, 2.75) is 56.5 Å². The van der Waals surface area contributed by atoms with Crippen molar-refractivity contribution in [1.29, 1.82) is 0 Å². The molecule has 124 valence electrons. The van der Waals surface area contributed by atoms with Gasteiger partial charge in [-0.3, -0.25) is 4.79 Å². The van der Waals surface area contributed by atoms with Gasteiger partial charge in [-0.1, -0.05) is 0 Å². The Bertz CT molecular complexity index is 714. The highest BCUT2D eigenvalue weighted by Crippen LogP contribution is 2.53. The zero-order chi connectivity index (χ0) is 16.6. The molecule has 0 radical (unpaired) electrons. The normalized spacial score (nSPS) is 38.1. The third kappa shape index (κ3) is 2.05. The number of Topliss-reactive ketones (excluding diaryl/α,β-unsaturated/α-hetero) is 1. The number of carbonyl (C=O) groups excluding carboxylic acids is 1. The summed E-state index contributed by atoms with van der Waals surface area (Å²) in [6.07, 6.45) is 1.38. The molecule has 23 heavy (non-hydrogen) atoms. The topological polar surface area (TPSA) is 91.8 Å². The standard InChI is InChI=1S/C17H20O6/c1-16-5-4-11-17(2,22-11)7-8-12(14(20)15(16)23-16)9(18)6-10(21-3)13(8)19/h6,11,15,18-19H,4-5,7H2,1-3H3/t11-,15-,16-,17+/m1/s1. The molecular weight excluding hydrogens is 300 g/mol. The van der Waals surface area contributed by atoms with Gasteiger partial charge in [0, 0.05) is 18.1 Å². The fourth-order valence-corrected chi connectivity index (χ4v) is 3.76. The molecule has 0 saturated carbocycles. The van der Waals surface area contributed by atoms with Crippen LogP contribution in [0.5, 0.6) is 17.2 Å². The van der Waals surface area contributed by atoms with E-state index in [2.05, 4.69) is 0 Å². The van der Waals surface area contributed by atoms with E-state index in [1.807, 2.05) is 13.8 Å². The van der Waals surface area contributed by atoms with Crippen molar-refractivity contribution < 1.29 is 29.2 Å². The number of phenolic OH excluding ortho intramolecular Hbond substituents is 2. The van der Waals surface area contributed by atoms with Crippen LogP contribution in [0.2, 0.25) is 0 Å². The largest absolute Gasteiger partial charge is 0.507 e. The Balaban J connectivity index is 1.88. The lowest BCUT2D eigenvalue weighted by atomic mass is 9.84. The Morgan fingerprint density at radius 1 is 1.26 bits per heavy atom. The van der Waals surface area contributed by atoms with Crippen molar-refractivity contribution in [2.75, 3.05) is 7.11 Å². The predicted octanol–water partition coefficient (Wildman–Crippen LogP) is 1.94. The fourth-order valence-electron chi connectivity index (χ4n) is 3.76. The molecule has 3 aliphatic rings. The van der Waals surface area contributed by atoms with E-state index in [0.29, 0.717) is 12.0 Å². The summed E-state index contributed by atoms with van der Waals surface area (Å²) < 4.78 is 16.5. The average molecular weight is 320 g/mol. The average Bonchev–Trinajstić information content (AvgIpc) is 3.36. The first-order valence-corrected chi connectivity index (χ1v) is 7.81. The van der Waals surface area contributed by atoms with E-state index in [1.54, 1.807) is 0 Å². The molecule has 0 unspecified atom stereocenters. The first-order chi connectivity index (χ1) is 10.8. The summed E-state index contributed by atoms with van der Waals surface area (Å²) in [6, 6.07) is 1.27. The molecule has 6 nitrogen and oxygen atoms in total. The van der Waals surface area contributed by atoms with Crippen molar-refractivity contribution >= 4 is 5.78 Å². The van der Waals surface area contributed by atoms with Crippen molar-refractivity contribution in [2.24, 2.45) is 0 Å². The third-order valence-electron chi connectivity index (χ3n) is 5.40. The number of hydrogen-bond donors (Lipinski definition) is 2. The molecule has 2 saturated heterocycles. The Morgan fingerprint density at radius 2 is 2.00 bits per heavy atom. The summed E-state index contributed by atoms with van der Waals surface area (Å²) >= 11 is 0. The van der Waals surface area contributed by atoms with Gasteiger partial charge in [0.25, 0.3) is 0 Å². The van der Waals surface area contributed by atoms with Crippen LogP contribution in [-0.2, 0) is 15.9 Å². The van der Waals surface area contributed by atoms with E-state index in [0.717, 1.165) is 12.8 Å². The number of epoxide rings is 2. The van der Waals surface area contributed by atoms with Gasteiger partial charge in [0.1, 0.15) is 17.5 Å². The molecule has 2 heterocycles. The molecule has 2 aliphatic heterocycles. The number of benzene rings is 1. The minimum absolute atomic E-state index is 0.0676. The SMILES string of the molecule is COc1cc(O)c2c(c1O)C[C@]1(C)O[C@@H]1CC[C@@]1(C)O[C@@H]1C2=O. The van der Waals surface area contributed by atoms with Gasteiger partial charge in [0.05, 0.1) is 24.4 Å². The van der Waals surface area contributed by atoms with Gasteiger partial charge in [0.15, 0.2) is 17.3 Å². The van der Waals surface area contributed by atoms with E-state index in [1.165, 1.54) is 13.2 Å². The number of hydrogen-bond acceptors (Lipinski definition) is 6. The smallest absolute Gasteiger partial charge is 0.198 e. The first-order valence-electron chi connectivity index (χ1n) is 7.81. The van der Waals surface area contributed by atoms with Gasteiger partial charge in [-0.2, -0.15) is 0 Å². The lowest BCUT2D eigenvalue weighted by Crippen LogP contribution is -2.25. The summed E-state index contributed by atoms with van der Waals surface area (Å²) in [7, 11) is 1.40. The van der Waals surface area contributed by atoms with Crippen LogP contribution in [0, 0.1) is 0 Å². The Labute approximate surface area is 134 Å². The van der Waals surface area contributed by atoms with E-state index in [9.17, 15) is 15.0 Å². The van der Waals surface area contributed by atoms with Crippen molar-refractivity contribution in [1.82, 2.24) is 0 Å². The Morgan fingerprint density at radius 3 is 2.70 bits per heavy atom. The van der Waals surface area contributed by atoms with Crippen LogP contribution in [0.4, 0.5) is 0 Å². The Kier molecular flexibility index (Phi) is 2.82. The van der Waals surface area contributed by atoms with Crippen LogP contribution in [0.1, 0.15) is 42.6 Å². The molecule has 4 atom stereocenters. The minimum atomic E-state index is -0.581. The molecule has 4 rings (SSSR count). The quantitative estimate of drug-likeness (QED) is 0.607. The van der Waals surface area contributed by atoms with Crippen molar-refractivity contribution in [3.8, 4) is 17.2 Å². The van der Waals surface area contributed by atoms with Crippen LogP contribution >= 0.6 is 0 Å². The monoisotopic (exact) mass is 320 g/mol. The van der Waals surface area contributed by atoms with E-state index in [4.69, 9.17) is 14.2 Å². The van der Waals surface area contributed by atoms with E-state index in [-0.39, 0.29) is 34.7 Å². The molecule has 2 N–H and O–H groups in total. The van der Waals surface area contributed by atoms with Crippen LogP contribution in [-0.4, -0.2) is 46.5 Å². The molecule has 0 aromatic heterocycles. The fraction of sp³-hybridized carbons (Fsp3) is 0.588. The highest BCUT2D eigenvalue weighted by atomic mass is 16.6. The minimum Gasteiger partial charge on any atom is -0.507 e. The number of rotatable bonds is 1. The number of phenols is 2. The lowest BCUT2D eigenvalue weighted by Gasteiger charge is -2.18. The maximum Gasteiger partial charge on any atom is 0.198 e. The second-order valence-corrected chi connectivity index (χ2v) is 7.11.